The zero-order valence-corrected chi connectivity index (χ0v) is 11.9. The van der Waals surface area contributed by atoms with Crippen LogP contribution >= 0.6 is 0 Å². The van der Waals surface area contributed by atoms with Crippen molar-refractivity contribution in [3.05, 3.63) is 35.4 Å². The lowest BCUT2D eigenvalue weighted by Crippen LogP contribution is -2.31. The van der Waals surface area contributed by atoms with E-state index in [1.807, 2.05) is 24.3 Å². The molecule has 0 radical (unpaired) electrons. The van der Waals surface area contributed by atoms with Gasteiger partial charge in [-0.15, -0.1) is 0 Å². The Bertz CT molecular complexity index is 407. The van der Waals surface area contributed by atoms with Gasteiger partial charge in [-0.25, -0.2) is 0 Å². The van der Waals surface area contributed by atoms with Crippen molar-refractivity contribution in [2.45, 2.75) is 45.2 Å². The summed E-state index contributed by atoms with van der Waals surface area (Å²) in [5, 5.41) is 6.24. The maximum Gasteiger partial charge on any atom is 0.251 e. The lowest BCUT2D eigenvalue weighted by atomic mass is 9.99. The molecule has 1 amide bonds. The molecule has 0 heterocycles. The molecule has 2 N–H and O–H groups in total. The largest absolute Gasteiger partial charge is 0.355 e. The Morgan fingerprint density at radius 2 is 1.89 bits per heavy atom. The van der Waals surface area contributed by atoms with E-state index in [0.717, 1.165) is 18.0 Å². The Labute approximate surface area is 115 Å². The molecule has 1 aromatic carbocycles. The lowest BCUT2D eigenvalue weighted by Gasteiger charge is -2.20. The molecule has 0 aliphatic heterocycles. The Morgan fingerprint density at radius 1 is 1.26 bits per heavy atom. The zero-order chi connectivity index (χ0) is 13.7. The third-order valence-electron chi connectivity index (χ3n) is 4.18. The van der Waals surface area contributed by atoms with Gasteiger partial charge in [-0.3, -0.25) is 4.79 Å². The topological polar surface area (TPSA) is 41.1 Å². The Kier molecular flexibility index (Phi) is 4.97. The third kappa shape index (κ3) is 3.80. The Hall–Kier alpha value is -1.35. The number of rotatable bonds is 5. The molecule has 104 valence electrons. The Morgan fingerprint density at radius 3 is 2.47 bits per heavy atom. The summed E-state index contributed by atoms with van der Waals surface area (Å²) in [6.45, 7) is 3.17. The molecule has 0 unspecified atom stereocenters. The van der Waals surface area contributed by atoms with Crippen LogP contribution in [0.25, 0.3) is 0 Å². The van der Waals surface area contributed by atoms with Gasteiger partial charge in [0, 0.05) is 25.2 Å². The van der Waals surface area contributed by atoms with Crippen molar-refractivity contribution in [2.24, 2.45) is 5.92 Å². The van der Waals surface area contributed by atoms with Crippen LogP contribution in [0.1, 0.15) is 48.5 Å². The van der Waals surface area contributed by atoms with Crippen LogP contribution in [0.4, 0.5) is 0 Å². The van der Waals surface area contributed by atoms with Gasteiger partial charge in [0.25, 0.3) is 5.91 Å². The molecule has 1 fully saturated rings. The highest BCUT2D eigenvalue weighted by atomic mass is 16.1. The van der Waals surface area contributed by atoms with E-state index in [0.29, 0.717) is 6.04 Å². The van der Waals surface area contributed by atoms with E-state index in [9.17, 15) is 4.79 Å². The van der Waals surface area contributed by atoms with Crippen molar-refractivity contribution in [3.8, 4) is 0 Å². The van der Waals surface area contributed by atoms with Crippen LogP contribution in [-0.2, 0) is 6.54 Å². The molecular formula is C16H24N2O. The monoisotopic (exact) mass is 260 g/mol. The molecular weight excluding hydrogens is 236 g/mol. The van der Waals surface area contributed by atoms with Crippen molar-refractivity contribution in [2.75, 3.05) is 7.05 Å². The second-order valence-electron chi connectivity index (χ2n) is 5.49. The molecule has 0 saturated heterocycles. The first-order valence-corrected chi connectivity index (χ1v) is 7.25. The van der Waals surface area contributed by atoms with Crippen molar-refractivity contribution >= 4 is 5.91 Å². The fourth-order valence-corrected chi connectivity index (χ4v) is 2.82. The first-order chi connectivity index (χ1) is 9.20. The molecule has 3 heteroatoms. The van der Waals surface area contributed by atoms with Crippen molar-refractivity contribution in [1.82, 2.24) is 10.6 Å². The van der Waals surface area contributed by atoms with Gasteiger partial charge in [0.15, 0.2) is 0 Å². The molecule has 1 saturated carbocycles. The van der Waals surface area contributed by atoms with Crippen LogP contribution in [-0.4, -0.2) is 19.0 Å². The average Bonchev–Trinajstić information content (AvgIpc) is 2.98. The average molecular weight is 260 g/mol. The normalized spacial score (nSPS) is 17.4. The molecule has 3 nitrogen and oxygen atoms in total. The van der Waals surface area contributed by atoms with Gasteiger partial charge in [-0.1, -0.05) is 25.0 Å². The number of amides is 1. The molecule has 1 atom stereocenters. The highest BCUT2D eigenvalue weighted by Crippen LogP contribution is 2.27. The number of hydrogen-bond donors (Lipinski definition) is 2. The third-order valence-corrected chi connectivity index (χ3v) is 4.18. The van der Waals surface area contributed by atoms with E-state index < -0.39 is 0 Å². The van der Waals surface area contributed by atoms with E-state index in [-0.39, 0.29) is 5.91 Å². The van der Waals surface area contributed by atoms with Crippen molar-refractivity contribution in [3.63, 3.8) is 0 Å². The second kappa shape index (κ2) is 6.71. The van der Waals surface area contributed by atoms with Crippen molar-refractivity contribution < 1.29 is 4.79 Å². The molecule has 0 aromatic heterocycles. The predicted octanol–water partition coefficient (Wildman–Crippen LogP) is 2.71. The van der Waals surface area contributed by atoms with E-state index in [2.05, 4.69) is 17.6 Å². The van der Waals surface area contributed by atoms with Gasteiger partial charge < -0.3 is 10.6 Å². The van der Waals surface area contributed by atoms with E-state index >= 15 is 0 Å². The summed E-state index contributed by atoms with van der Waals surface area (Å²) in [6.07, 6.45) is 5.50. The van der Waals surface area contributed by atoms with Crippen LogP contribution in [0, 0.1) is 5.92 Å². The van der Waals surface area contributed by atoms with Crippen LogP contribution in [0.3, 0.4) is 0 Å². The van der Waals surface area contributed by atoms with Gasteiger partial charge in [0.2, 0.25) is 0 Å². The highest BCUT2D eigenvalue weighted by molar-refractivity contribution is 5.93. The standard InChI is InChI=1S/C16H24N2O/c1-12(14-5-3-4-6-14)18-11-13-7-9-15(10-8-13)16(19)17-2/h7-10,12,14,18H,3-6,11H2,1-2H3,(H,17,19)/t12-/m0/s1. The predicted molar refractivity (Wildman–Crippen MR) is 78.1 cm³/mol. The number of carbonyl (C=O) groups is 1. The van der Waals surface area contributed by atoms with Crippen LogP contribution < -0.4 is 10.6 Å². The van der Waals surface area contributed by atoms with Crippen LogP contribution in [0.5, 0.6) is 0 Å². The molecule has 1 aliphatic carbocycles. The first kappa shape index (κ1) is 14.1. The van der Waals surface area contributed by atoms with Crippen LogP contribution in [0.2, 0.25) is 0 Å². The van der Waals surface area contributed by atoms with E-state index in [1.165, 1.54) is 31.2 Å². The number of hydrogen-bond acceptors (Lipinski definition) is 2. The maximum absolute atomic E-state index is 11.4. The molecule has 1 aliphatic rings. The minimum atomic E-state index is -0.0289. The summed E-state index contributed by atoms with van der Waals surface area (Å²) in [4.78, 5) is 11.4. The van der Waals surface area contributed by atoms with E-state index in [1.54, 1.807) is 7.05 Å². The molecule has 19 heavy (non-hydrogen) atoms. The smallest absolute Gasteiger partial charge is 0.251 e. The quantitative estimate of drug-likeness (QED) is 0.854. The maximum atomic E-state index is 11.4. The zero-order valence-electron chi connectivity index (χ0n) is 11.9. The fraction of sp³-hybridized carbons (Fsp3) is 0.562. The number of benzene rings is 1. The molecule has 1 aromatic rings. The fourth-order valence-electron chi connectivity index (χ4n) is 2.82. The van der Waals surface area contributed by atoms with E-state index in [4.69, 9.17) is 0 Å². The van der Waals surface area contributed by atoms with Gasteiger partial charge in [0.1, 0.15) is 0 Å². The Balaban J connectivity index is 1.84. The van der Waals surface area contributed by atoms with Gasteiger partial charge in [0.05, 0.1) is 0 Å². The number of carbonyl (C=O) groups excluding carboxylic acids is 1. The summed E-state index contributed by atoms with van der Waals surface area (Å²) in [5.41, 5.74) is 1.95. The number of nitrogens with one attached hydrogen (secondary N) is 2. The summed E-state index contributed by atoms with van der Waals surface area (Å²) < 4.78 is 0. The minimum Gasteiger partial charge on any atom is -0.355 e. The SMILES string of the molecule is CNC(=O)c1ccc(CN[C@@H](C)C2CCCC2)cc1. The minimum absolute atomic E-state index is 0.0289. The highest BCUT2D eigenvalue weighted by Gasteiger charge is 2.20. The summed E-state index contributed by atoms with van der Waals surface area (Å²) >= 11 is 0. The van der Waals surface area contributed by atoms with Gasteiger partial charge in [-0.05, 0) is 43.4 Å². The molecule has 0 bridgehead atoms. The second-order valence-corrected chi connectivity index (χ2v) is 5.49. The van der Waals surface area contributed by atoms with Gasteiger partial charge >= 0.3 is 0 Å². The summed E-state index contributed by atoms with van der Waals surface area (Å²) in [5.74, 6) is 0.809. The van der Waals surface area contributed by atoms with Crippen molar-refractivity contribution in [1.29, 1.82) is 0 Å². The van der Waals surface area contributed by atoms with Gasteiger partial charge in [-0.2, -0.15) is 0 Å². The summed E-state index contributed by atoms with van der Waals surface area (Å²) in [6, 6.07) is 8.41. The molecule has 2 rings (SSSR count). The van der Waals surface area contributed by atoms with Crippen LogP contribution in [0.15, 0.2) is 24.3 Å². The lowest BCUT2D eigenvalue weighted by molar-refractivity contribution is 0.0963. The first-order valence-electron chi connectivity index (χ1n) is 7.25. The molecule has 0 spiro atoms. The summed E-state index contributed by atoms with van der Waals surface area (Å²) in [7, 11) is 1.65.